The summed E-state index contributed by atoms with van der Waals surface area (Å²) in [6.45, 7) is -0.0237. The van der Waals surface area contributed by atoms with Crippen molar-refractivity contribution >= 4 is 29.9 Å². The first-order valence-electron chi connectivity index (χ1n) is 10.4. The number of imide groups is 2. The molecule has 178 valence electrons. The van der Waals surface area contributed by atoms with Gasteiger partial charge in [-0.05, 0) is 53.6 Å². The van der Waals surface area contributed by atoms with E-state index < -0.39 is 23.8 Å². The zero-order valence-electron chi connectivity index (χ0n) is 18.5. The molecule has 10 nitrogen and oxygen atoms in total. The van der Waals surface area contributed by atoms with Gasteiger partial charge in [0.1, 0.15) is 17.9 Å². The number of carbonyl (C=O) groups is 4. The van der Waals surface area contributed by atoms with Gasteiger partial charge in [-0.15, -0.1) is 0 Å². The molecular weight excluding hydrogens is 456 g/mol. The summed E-state index contributed by atoms with van der Waals surface area (Å²) in [5, 5.41) is 11.3. The maximum Gasteiger partial charge on any atom is 0.335 e. The second-order valence-corrected chi connectivity index (χ2v) is 7.49. The number of benzene rings is 2. The van der Waals surface area contributed by atoms with E-state index in [4.69, 9.17) is 19.0 Å². The number of ether oxygens (including phenoxy) is 2. The molecular formula is C25H20N2O8. The van der Waals surface area contributed by atoms with Crippen molar-refractivity contribution in [3.05, 3.63) is 88.9 Å². The van der Waals surface area contributed by atoms with E-state index in [1.807, 2.05) is 0 Å². The first-order chi connectivity index (χ1) is 16.9. The van der Waals surface area contributed by atoms with E-state index in [2.05, 4.69) is 5.32 Å². The predicted molar refractivity (Wildman–Crippen MR) is 122 cm³/mol. The number of nitrogens with one attached hydrogen (secondary N) is 1. The van der Waals surface area contributed by atoms with Crippen molar-refractivity contribution in [2.75, 3.05) is 7.11 Å². The van der Waals surface area contributed by atoms with Crippen LogP contribution in [0.4, 0.5) is 4.79 Å². The largest absolute Gasteiger partial charge is 0.493 e. The molecule has 2 N–H and O–H groups in total. The van der Waals surface area contributed by atoms with Gasteiger partial charge in [-0.1, -0.05) is 18.2 Å². The lowest BCUT2D eigenvalue weighted by molar-refractivity contribution is -0.130. The minimum Gasteiger partial charge on any atom is -0.493 e. The predicted octanol–water partition coefficient (Wildman–Crippen LogP) is 3.23. The Morgan fingerprint density at radius 1 is 1.09 bits per heavy atom. The number of carboxylic acid groups (broad SMARTS) is 1. The van der Waals surface area contributed by atoms with E-state index in [9.17, 15) is 19.2 Å². The average Bonchev–Trinajstić information content (AvgIpc) is 3.37. The van der Waals surface area contributed by atoms with E-state index in [0.717, 1.165) is 4.90 Å². The van der Waals surface area contributed by atoms with E-state index in [1.165, 1.54) is 31.6 Å². The number of rotatable bonds is 8. The van der Waals surface area contributed by atoms with Gasteiger partial charge in [0.25, 0.3) is 11.8 Å². The van der Waals surface area contributed by atoms with Crippen LogP contribution in [-0.4, -0.2) is 40.9 Å². The number of hydrogen-bond donors (Lipinski definition) is 2. The molecule has 1 fully saturated rings. The lowest BCUT2D eigenvalue weighted by atomic mass is 10.1. The minimum absolute atomic E-state index is 0.0999. The van der Waals surface area contributed by atoms with Crippen molar-refractivity contribution in [3.63, 3.8) is 0 Å². The van der Waals surface area contributed by atoms with Crippen LogP contribution < -0.4 is 14.8 Å². The molecule has 1 aliphatic rings. The van der Waals surface area contributed by atoms with Gasteiger partial charge < -0.3 is 19.0 Å². The molecule has 3 aromatic rings. The number of furan rings is 1. The molecule has 0 bridgehead atoms. The van der Waals surface area contributed by atoms with Gasteiger partial charge in [0.05, 0.1) is 25.5 Å². The Morgan fingerprint density at radius 3 is 2.63 bits per heavy atom. The van der Waals surface area contributed by atoms with Gasteiger partial charge in [-0.2, -0.15) is 0 Å². The highest BCUT2D eigenvalue weighted by molar-refractivity contribution is 6.30. The van der Waals surface area contributed by atoms with Gasteiger partial charge in [0, 0.05) is 0 Å². The molecule has 0 radical (unpaired) electrons. The number of carbonyl (C=O) groups excluding carboxylic acids is 3. The van der Waals surface area contributed by atoms with Crippen LogP contribution in [0.3, 0.4) is 0 Å². The maximum atomic E-state index is 12.9. The topological polar surface area (TPSA) is 135 Å². The fourth-order valence-electron chi connectivity index (χ4n) is 3.41. The molecule has 0 atom stereocenters. The maximum absolute atomic E-state index is 12.9. The number of carboxylic acids is 1. The van der Waals surface area contributed by atoms with Gasteiger partial charge in [-0.25, -0.2) is 9.59 Å². The molecule has 0 saturated carbocycles. The van der Waals surface area contributed by atoms with Crippen LogP contribution in [0.15, 0.2) is 70.9 Å². The van der Waals surface area contributed by atoms with E-state index in [0.29, 0.717) is 28.4 Å². The lowest BCUT2D eigenvalue weighted by Crippen LogP contribution is -2.53. The molecule has 0 spiro atoms. The number of methoxy groups -OCH3 is 1. The third kappa shape index (κ3) is 5.22. The Bertz CT molecular complexity index is 1330. The Kier molecular flexibility index (Phi) is 6.63. The number of hydrogen-bond acceptors (Lipinski definition) is 7. The Hall–Kier alpha value is -4.86. The first-order valence-corrected chi connectivity index (χ1v) is 10.4. The summed E-state index contributed by atoms with van der Waals surface area (Å²) in [4.78, 5) is 49.4. The van der Waals surface area contributed by atoms with Crippen molar-refractivity contribution in [1.29, 1.82) is 0 Å². The third-order valence-electron chi connectivity index (χ3n) is 5.15. The molecule has 35 heavy (non-hydrogen) atoms. The molecule has 4 rings (SSSR count). The van der Waals surface area contributed by atoms with Gasteiger partial charge in [0.2, 0.25) is 0 Å². The summed E-state index contributed by atoms with van der Waals surface area (Å²) in [7, 11) is 1.44. The molecule has 0 unspecified atom stereocenters. The number of amides is 4. The van der Waals surface area contributed by atoms with Crippen molar-refractivity contribution in [2.45, 2.75) is 13.2 Å². The van der Waals surface area contributed by atoms with Crippen molar-refractivity contribution < 1.29 is 38.2 Å². The van der Waals surface area contributed by atoms with Crippen LogP contribution >= 0.6 is 0 Å². The second kappa shape index (κ2) is 9.96. The molecule has 2 heterocycles. The van der Waals surface area contributed by atoms with Gasteiger partial charge in [0.15, 0.2) is 11.5 Å². The number of nitrogens with zero attached hydrogens (tertiary/aromatic N) is 1. The highest BCUT2D eigenvalue weighted by atomic mass is 16.5. The highest BCUT2D eigenvalue weighted by Gasteiger charge is 2.36. The van der Waals surface area contributed by atoms with Crippen LogP contribution in [0.5, 0.6) is 11.5 Å². The van der Waals surface area contributed by atoms with E-state index >= 15 is 0 Å². The van der Waals surface area contributed by atoms with E-state index in [-0.39, 0.29) is 24.3 Å². The van der Waals surface area contributed by atoms with E-state index in [1.54, 1.807) is 42.5 Å². The molecule has 1 aromatic heterocycles. The Balaban J connectivity index is 1.53. The molecule has 10 heteroatoms. The minimum atomic E-state index is -1.03. The standard InChI is InChI=1S/C25H20N2O8/c1-33-21-12-15(7-8-20(21)35-14-16-4-2-5-17(10-16)24(30)31)11-19-22(28)26-25(32)27(23(19)29)13-18-6-3-9-34-18/h2-12H,13-14H2,1H3,(H,30,31)(H,26,28,32). The number of urea groups is 1. The fraction of sp³-hybridized carbons (Fsp3) is 0.120. The van der Waals surface area contributed by atoms with Crippen molar-refractivity contribution in [2.24, 2.45) is 0 Å². The molecule has 4 amide bonds. The lowest BCUT2D eigenvalue weighted by Gasteiger charge is -2.25. The van der Waals surface area contributed by atoms with Crippen LogP contribution in [-0.2, 0) is 22.7 Å². The van der Waals surface area contributed by atoms with Crippen LogP contribution in [0, 0.1) is 0 Å². The zero-order chi connectivity index (χ0) is 24.9. The fourth-order valence-corrected chi connectivity index (χ4v) is 3.41. The zero-order valence-corrected chi connectivity index (χ0v) is 18.5. The molecule has 1 saturated heterocycles. The Labute approximate surface area is 199 Å². The summed E-state index contributed by atoms with van der Waals surface area (Å²) >= 11 is 0. The summed E-state index contributed by atoms with van der Waals surface area (Å²) in [6.07, 6.45) is 2.77. The molecule has 2 aromatic carbocycles. The summed E-state index contributed by atoms with van der Waals surface area (Å²) in [5.74, 6) is -1.50. The van der Waals surface area contributed by atoms with Crippen LogP contribution in [0.25, 0.3) is 6.08 Å². The highest BCUT2D eigenvalue weighted by Crippen LogP contribution is 2.30. The number of aromatic carboxylic acids is 1. The van der Waals surface area contributed by atoms with Crippen LogP contribution in [0.2, 0.25) is 0 Å². The van der Waals surface area contributed by atoms with Gasteiger partial charge in [-0.3, -0.25) is 19.8 Å². The smallest absolute Gasteiger partial charge is 0.335 e. The molecule has 1 aliphatic heterocycles. The van der Waals surface area contributed by atoms with Crippen molar-refractivity contribution in [1.82, 2.24) is 10.2 Å². The molecule has 0 aliphatic carbocycles. The number of barbiturate groups is 1. The normalized spacial score (nSPS) is 14.7. The second-order valence-electron chi connectivity index (χ2n) is 7.49. The summed E-state index contributed by atoms with van der Waals surface area (Å²) < 4.78 is 16.3. The third-order valence-corrected chi connectivity index (χ3v) is 5.15. The SMILES string of the molecule is COc1cc(C=C2C(=O)NC(=O)N(Cc3ccco3)C2=O)ccc1OCc1cccc(C(=O)O)c1. The monoisotopic (exact) mass is 476 g/mol. The first kappa shape index (κ1) is 23.3. The Morgan fingerprint density at radius 2 is 1.91 bits per heavy atom. The van der Waals surface area contributed by atoms with Crippen LogP contribution in [0.1, 0.15) is 27.2 Å². The van der Waals surface area contributed by atoms with Crippen molar-refractivity contribution in [3.8, 4) is 11.5 Å². The van der Waals surface area contributed by atoms with Gasteiger partial charge >= 0.3 is 12.0 Å². The average molecular weight is 476 g/mol. The quantitative estimate of drug-likeness (QED) is 0.374. The summed E-state index contributed by atoms with van der Waals surface area (Å²) in [5.41, 5.74) is 1.05. The summed E-state index contributed by atoms with van der Waals surface area (Å²) in [6, 6.07) is 13.6.